The van der Waals surface area contributed by atoms with Gasteiger partial charge in [0.1, 0.15) is 6.10 Å². The number of rotatable bonds is 4. The van der Waals surface area contributed by atoms with Gasteiger partial charge in [-0.25, -0.2) is 14.8 Å². The molecule has 0 aliphatic heterocycles. The minimum Gasteiger partial charge on any atom is -0.460 e. The number of carbonyl (C=O) groups excluding carboxylic acids is 1. The molecular weight excluding hydrogens is 364 g/mol. The van der Waals surface area contributed by atoms with Gasteiger partial charge in [0.15, 0.2) is 0 Å². The van der Waals surface area contributed by atoms with E-state index in [1.165, 1.54) is 5.56 Å². The van der Waals surface area contributed by atoms with Gasteiger partial charge >= 0.3 is 12.0 Å². The van der Waals surface area contributed by atoms with Crippen LogP contribution < -0.4 is 15.4 Å². The number of anilines is 1. The summed E-state index contributed by atoms with van der Waals surface area (Å²) in [5.41, 5.74) is 3.98. The summed E-state index contributed by atoms with van der Waals surface area (Å²) >= 11 is 0. The monoisotopic (exact) mass is 396 g/mol. The topological polar surface area (TPSA) is 76.1 Å². The van der Waals surface area contributed by atoms with Crippen molar-refractivity contribution >= 4 is 11.7 Å². The molecule has 1 aromatic heterocycles. The van der Waals surface area contributed by atoms with Crippen molar-refractivity contribution in [2.24, 2.45) is 0 Å². The van der Waals surface area contributed by atoms with Crippen LogP contribution in [0.4, 0.5) is 10.5 Å². The van der Waals surface area contributed by atoms with Crippen molar-refractivity contribution in [3.8, 4) is 6.01 Å². The summed E-state index contributed by atoms with van der Waals surface area (Å²) in [5.74, 6) is 0. The Bertz CT molecular complexity index is 815. The molecule has 29 heavy (non-hydrogen) atoms. The molecular formula is C23H32N4O2. The van der Waals surface area contributed by atoms with Gasteiger partial charge in [-0.3, -0.25) is 0 Å². The average molecular weight is 397 g/mol. The third-order valence-electron chi connectivity index (χ3n) is 5.25. The summed E-state index contributed by atoms with van der Waals surface area (Å²) in [4.78, 5) is 21.0. The Balaban J connectivity index is 1.44. The number of benzene rings is 1. The van der Waals surface area contributed by atoms with Crippen LogP contribution in [0.5, 0.6) is 6.01 Å². The fraction of sp³-hybridized carbons (Fsp3) is 0.522. The number of ether oxygens (including phenoxy) is 1. The molecule has 0 bridgehead atoms. The summed E-state index contributed by atoms with van der Waals surface area (Å²) in [6.45, 7) is 10.4. The van der Waals surface area contributed by atoms with Gasteiger partial charge in [-0.15, -0.1) is 0 Å². The average Bonchev–Trinajstić information content (AvgIpc) is 2.62. The molecule has 2 N–H and O–H groups in total. The van der Waals surface area contributed by atoms with E-state index in [1.54, 1.807) is 0 Å². The summed E-state index contributed by atoms with van der Waals surface area (Å²) in [7, 11) is 0. The zero-order valence-electron chi connectivity index (χ0n) is 18.1. The summed E-state index contributed by atoms with van der Waals surface area (Å²) in [6.07, 6.45) is 3.61. The molecule has 0 spiro atoms. The molecule has 1 aliphatic rings. The van der Waals surface area contributed by atoms with Crippen LogP contribution in [0.25, 0.3) is 0 Å². The van der Waals surface area contributed by atoms with E-state index in [1.807, 2.05) is 32.0 Å². The maximum Gasteiger partial charge on any atom is 0.319 e. The molecule has 1 aliphatic carbocycles. The maximum atomic E-state index is 12.3. The molecule has 0 unspecified atom stereocenters. The van der Waals surface area contributed by atoms with Crippen molar-refractivity contribution in [1.82, 2.24) is 15.3 Å². The fourth-order valence-corrected chi connectivity index (χ4v) is 3.63. The van der Waals surface area contributed by atoms with Gasteiger partial charge < -0.3 is 15.4 Å². The summed E-state index contributed by atoms with van der Waals surface area (Å²) in [6, 6.07) is 10.4. The number of amides is 2. The van der Waals surface area contributed by atoms with E-state index in [0.29, 0.717) is 6.01 Å². The molecule has 0 saturated heterocycles. The fourth-order valence-electron chi connectivity index (χ4n) is 3.63. The normalized spacial score (nSPS) is 19.5. The lowest BCUT2D eigenvalue weighted by Gasteiger charge is -2.29. The van der Waals surface area contributed by atoms with Crippen LogP contribution in [0.15, 0.2) is 30.3 Å². The van der Waals surface area contributed by atoms with Crippen molar-refractivity contribution in [1.29, 1.82) is 0 Å². The molecule has 1 fully saturated rings. The lowest BCUT2D eigenvalue weighted by molar-refractivity contribution is 0.129. The number of nitrogens with zero attached hydrogens (tertiary/aromatic N) is 2. The molecule has 6 nitrogen and oxygen atoms in total. The second kappa shape index (κ2) is 8.80. The second-order valence-electron chi connectivity index (χ2n) is 8.95. The number of nitrogens with one attached hydrogen (secondary N) is 2. The predicted octanol–water partition coefficient (Wildman–Crippen LogP) is 4.90. The first kappa shape index (κ1) is 21.1. The first-order chi connectivity index (χ1) is 13.7. The predicted molar refractivity (Wildman–Crippen MR) is 115 cm³/mol. The molecule has 2 aromatic rings. The molecule has 6 heteroatoms. The Morgan fingerprint density at radius 3 is 2.14 bits per heavy atom. The van der Waals surface area contributed by atoms with E-state index in [-0.39, 0.29) is 23.6 Å². The Hall–Kier alpha value is -2.63. The SMILES string of the molecule is Cc1cc(C)nc(OC2CCC(NC(=O)Nc3ccc(C(C)(C)C)cc3)CC2)n1. The molecule has 2 amide bonds. The molecule has 3 rings (SSSR count). The Morgan fingerprint density at radius 2 is 1.59 bits per heavy atom. The van der Waals surface area contributed by atoms with Crippen LogP contribution in [0, 0.1) is 13.8 Å². The van der Waals surface area contributed by atoms with Crippen LogP contribution in [-0.2, 0) is 5.41 Å². The Labute approximate surface area is 173 Å². The van der Waals surface area contributed by atoms with Crippen LogP contribution >= 0.6 is 0 Å². The van der Waals surface area contributed by atoms with Crippen LogP contribution in [0.1, 0.15) is 63.4 Å². The third kappa shape index (κ3) is 6.17. The zero-order valence-corrected chi connectivity index (χ0v) is 18.1. The van der Waals surface area contributed by atoms with Crippen molar-refractivity contribution in [2.75, 3.05) is 5.32 Å². The summed E-state index contributed by atoms with van der Waals surface area (Å²) in [5, 5.41) is 6.01. The number of aromatic nitrogens is 2. The Morgan fingerprint density at radius 1 is 1.00 bits per heavy atom. The third-order valence-corrected chi connectivity index (χ3v) is 5.25. The largest absolute Gasteiger partial charge is 0.460 e. The van der Waals surface area contributed by atoms with E-state index in [2.05, 4.69) is 53.5 Å². The molecule has 1 aromatic carbocycles. The zero-order chi connectivity index (χ0) is 21.0. The minimum atomic E-state index is -0.157. The van der Waals surface area contributed by atoms with Gasteiger partial charge in [0.05, 0.1) is 0 Å². The molecule has 0 atom stereocenters. The number of hydrogen-bond donors (Lipinski definition) is 2. The summed E-state index contributed by atoms with van der Waals surface area (Å²) < 4.78 is 5.95. The lowest BCUT2D eigenvalue weighted by Crippen LogP contribution is -2.41. The number of carbonyl (C=O) groups is 1. The van der Waals surface area contributed by atoms with Gasteiger partial charge in [-0.2, -0.15) is 0 Å². The first-order valence-electron chi connectivity index (χ1n) is 10.4. The van der Waals surface area contributed by atoms with Crippen LogP contribution in [0.3, 0.4) is 0 Å². The highest BCUT2D eigenvalue weighted by atomic mass is 16.5. The van der Waals surface area contributed by atoms with Gasteiger partial charge in [-0.1, -0.05) is 32.9 Å². The highest BCUT2D eigenvalue weighted by Gasteiger charge is 2.24. The van der Waals surface area contributed by atoms with E-state index in [0.717, 1.165) is 42.8 Å². The van der Waals surface area contributed by atoms with E-state index >= 15 is 0 Å². The van der Waals surface area contributed by atoms with E-state index in [4.69, 9.17) is 4.74 Å². The smallest absolute Gasteiger partial charge is 0.319 e. The molecule has 156 valence electrons. The molecule has 1 saturated carbocycles. The maximum absolute atomic E-state index is 12.3. The quantitative estimate of drug-likeness (QED) is 0.770. The molecule has 1 heterocycles. The lowest BCUT2D eigenvalue weighted by atomic mass is 9.87. The van der Waals surface area contributed by atoms with Crippen LogP contribution in [0.2, 0.25) is 0 Å². The highest BCUT2D eigenvalue weighted by Crippen LogP contribution is 2.24. The van der Waals surface area contributed by atoms with Crippen molar-refractivity contribution in [3.63, 3.8) is 0 Å². The van der Waals surface area contributed by atoms with Gasteiger partial charge in [0.25, 0.3) is 0 Å². The van der Waals surface area contributed by atoms with Gasteiger partial charge in [0, 0.05) is 23.1 Å². The van der Waals surface area contributed by atoms with Crippen LogP contribution in [-0.4, -0.2) is 28.1 Å². The van der Waals surface area contributed by atoms with E-state index in [9.17, 15) is 4.79 Å². The van der Waals surface area contributed by atoms with Crippen molar-refractivity contribution in [3.05, 3.63) is 47.3 Å². The molecule has 0 radical (unpaired) electrons. The van der Waals surface area contributed by atoms with Gasteiger partial charge in [-0.05, 0) is 68.7 Å². The van der Waals surface area contributed by atoms with Gasteiger partial charge in [0.2, 0.25) is 0 Å². The first-order valence-corrected chi connectivity index (χ1v) is 10.4. The van der Waals surface area contributed by atoms with Crippen molar-refractivity contribution < 1.29 is 9.53 Å². The highest BCUT2D eigenvalue weighted by molar-refractivity contribution is 5.89. The van der Waals surface area contributed by atoms with E-state index < -0.39 is 0 Å². The Kier molecular flexibility index (Phi) is 6.40. The number of urea groups is 1. The number of aryl methyl sites for hydroxylation is 2. The standard InChI is InChI=1S/C23H32N4O2/c1-15-14-16(2)25-22(24-15)29-20-12-10-19(11-13-20)27-21(28)26-18-8-6-17(7-9-18)23(3,4)5/h6-9,14,19-20H,10-13H2,1-5H3,(H2,26,27,28). The minimum absolute atomic E-state index is 0.0993. The van der Waals surface area contributed by atoms with Crippen molar-refractivity contribution in [2.45, 2.75) is 77.9 Å². The number of hydrogen-bond acceptors (Lipinski definition) is 4. The second-order valence-corrected chi connectivity index (χ2v) is 8.95.